The lowest BCUT2D eigenvalue weighted by Gasteiger charge is -2.06. The van der Waals surface area contributed by atoms with Crippen molar-refractivity contribution in [2.24, 2.45) is 0 Å². The molecular weight excluding hydrogens is 272 g/mol. The van der Waals surface area contributed by atoms with Gasteiger partial charge in [0.1, 0.15) is 5.52 Å². The van der Waals surface area contributed by atoms with Crippen LogP contribution in [-0.2, 0) is 0 Å². The number of fused-ring (bicyclic) bond motifs is 1. The van der Waals surface area contributed by atoms with Crippen LogP contribution >= 0.6 is 11.3 Å². The largest absolute Gasteiger partial charge is 0.350 e. The molecule has 0 spiro atoms. The Balaban J connectivity index is 2.06. The first-order valence-electron chi connectivity index (χ1n) is 6.34. The quantitative estimate of drug-likeness (QED) is 0.777. The topological polar surface area (TPSA) is 70.7 Å². The number of rotatable bonds is 3. The van der Waals surface area contributed by atoms with Gasteiger partial charge in [-0.1, -0.05) is 6.07 Å². The average molecular weight is 286 g/mol. The van der Waals surface area contributed by atoms with Crippen molar-refractivity contribution in [1.29, 1.82) is 0 Å². The summed E-state index contributed by atoms with van der Waals surface area (Å²) in [5, 5.41) is 4.86. The predicted molar refractivity (Wildman–Crippen MR) is 79.8 cm³/mol. The van der Waals surface area contributed by atoms with Gasteiger partial charge in [0.15, 0.2) is 5.65 Å². The van der Waals surface area contributed by atoms with Crippen LogP contribution in [0.5, 0.6) is 0 Å². The molecule has 3 heterocycles. The maximum Gasteiger partial charge on any atom is 0.255 e. The fourth-order valence-electron chi connectivity index (χ4n) is 1.95. The first-order valence-corrected chi connectivity index (χ1v) is 7.22. The van der Waals surface area contributed by atoms with Crippen LogP contribution in [0.15, 0.2) is 29.9 Å². The molecule has 0 radical (unpaired) electrons. The molecule has 0 bridgehead atoms. The van der Waals surface area contributed by atoms with Crippen LogP contribution in [0.25, 0.3) is 21.7 Å². The monoisotopic (exact) mass is 286 g/mol. The van der Waals surface area contributed by atoms with Crippen molar-refractivity contribution >= 4 is 28.4 Å². The van der Waals surface area contributed by atoms with Gasteiger partial charge >= 0.3 is 0 Å². The molecule has 0 atom stereocenters. The molecule has 3 aromatic heterocycles. The summed E-state index contributed by atoms with van der Waals surface area (Å²) in [7, 11) is 0. The van der Waals surface area contributed by atoms with E-state index in [-0.39, 0.29) is 11.9 Å². The fourth-order valence-corrected chi connectivity index (χ4v) is 2.63. The average Bonchev–Trinajstić information content (AvgIpc) is 3.06. The highest BCUT2D eigenvalue weighted by molar-refractivity contribution is 7.13. The zero-order valence-electron chi connectivity index (χ0n) is 11.2. The highest BCUT2D eigenvalue weighted by Crippen LogP contribution is 2.24. The third kappa shape index (κ3) is 2.30. The highest BCUT2D eigenvalue weighted by atomic mass is 32.1. The number of H-pyrrole nitrogens is 1. The number of carbonyl (C=O) groups excluding carboxylic acids is 1. The van der Waals surface area contributed by atoms with E-state index in [0.29, 0.717) is 16.7 Å². The highest BCUT2D eigenvalue weighted by Gasteiger charge is 2.15. The Bertz CT molecular complexity index is 746. The fraction of sp³-hybridized carbons (Fsp3) is 0.214. The summed E-state index contributed by atoms with van der Waals surface area (Å²) in [5.74, 6) is -0.135. The number of thiophene rings is 1. The van der Waals surface area contributed by atoms with Crippen molar-refractivity contribution in [2.45, 2.75) is 19.9 Å². The lowest BCUT2D eigenvalue weighted by Crippen LogP contribution is -2.29. The number of nitrogens with zero attached hydrogens (tertiary/aromatic N) is 2. The number of nitrogens with one attached hydrogen (secondary N) is 2. The Morgan fingerprint density at radius 3 is 3.00 bits per heavy atom. The smallest absolute Gasteiger partial charge is 0.255 e. The zero-order valence-corrected chi connectivity index (χ0v) is 12.0. The van der Waals surface area contributed by atoms with Crippen molar-refractivity contribution in [3.05, 3.63) is 35.5 Å². The summed E-state index contributed by atoms with van der Waals surface area (Å²) >= 11 is 1.60. The normalized spacial score (nSPS) is 11.2. The van der Waals surface area contributed by atoms with Crippen molar-refractivity contribution in [3.8, 4) is 10.6 Å². The van der Waals surface area contributed by atoms with Gasteiger partial charge < -0.3 is 10.3 Å². The molecule has 0 aliphatic rings. The molecule has 0 aliphatic carbocycles. The number of carbonyl (C=O) groups is 1. The van der Waals surface area contributed by atoms with Gasteiger partial charge in [-0.25, -0.2) is 9.97 Å². The standard InChI is InChI=1S/C14H14N4OS/c1-8(2)17-14(19)9-6-15-13-12(9)18-10(7-16-13)11-4-3-5-20-11/h3-8H,1-2H3,(H,15,16)(H,17,19). The lowest BCUT2D eigenvalue weighted by atomic mass is 10.2. The lowest BCUT2D eigenvalue weighted by molar-refractivity contribution is 0.0944. The van der Waals surface area contributed by atoms with Crippen molar-refractivity contribution < 1.29 is 4.79 Å². The minimum absolute atomic E-state index is 0.0842. The number of aromatic amines is 1. The molecule has 3 aromatic rings. The molecule has 0 aliphatic heterocycles. The molecule has 6 heteroatoms. The molecule has 0 fully saturated rings. The summed E-state index contributed by atoms with van der Waals surface area (Å²) in [5.41, 5.74) is 2.54. The second-order valence-electron chi connectivity index (χ2n) is 4.76. The SMILES string of the molecule is CC(C)NC(=O)c1c[nH]c2ncc(-c3cccs3)nc12. The molecule has 0 unspecified atom stereocenters. The third-order valence-corrected chi connectivity index (χ3v) is 3.71. The number of hydrogen-bond acceptors (Lipinski definition) is 4. The molecule has 20 heavy (non-hydrogen) atoms. The van der Waals surface area contributed by atoms with Gasteiger partial charge in [0, 0.05) is 12.2 Å². The minimum Gasteiger partial charge on any atom is -0.350 e. The third-order valence-electron chi connectivity index (χ3n) is 2.82. The van der Waals surface area contributed by atoms with Crippen LogP contribution in [0.3, 0.4) is 0 Å². The Hall–Kier alpha value is -2.21. The summed E-state index contributed by atoms with van der Waals surface area (Å²) < 4.78 is 0. The number of aromatic nitrogens is 3. The van der Waals surface area contributed by atoms with Gasteiger partial charge in [-0.15, -0.1) is 11.3 Å². The molecule has 102 valence electrons. The molecule has 0 saturated carbocycles. The van der Waals surface area contributed by atoms with E-state index in [1.165, 1.54) is 0 Å². The second-order valence-corrected chi connectivity index (χ2v) is 5.71. The molecule has 3 rings (SSSR count). The van der Waals surface area contributed by atoms with Crippen molar-refractivity contribution in [2.75, 3.05) is 0 Å². The van der Waals surface area contributed by atoms with Gasteiger partial charge in [-0.3, -0.25) is 4.79 Å². The second kappa shape index (κ2) is 5.05. The van der Waals surface area contributed by atoms with E-state index >= 15 is 0 Å². The Kier molecular flexibility index (Phi) is 3.23. The molecule has 0 saturated heterocycles. The van der Waals surface area contributed by atoms with Crippen LogP contribution in [-0.4, -0.2) is 26.9 Å². The number of hydrogen-bond donors (Lipinski definition) is 2. The van der Waals surface area contributed by atoms with Gasteiger partial charge in [-0.05, 0) is 25.3 Å². The predicted octanol–water partition coefficient (Wildman–Crippen LogP) is 2.82. The van der Waals surface area contributed by atoms with Gasteiger partial charge in [0.25, 0.3) is 5.91 Å². The van der Waals surface area contributed by atoms with E-state index in [1.54, 1.807) is 23.7 Å². The van der Waals surface area contributed by atoms with Crippen LogP contribution in [0, 0.1) is 0 Å². The van der Waals surface area contributed by atoms with Crippen LogP contribution in [0.1, 0.15) is 24.2 Å². The van der Waals surface area contributed by atoms with E-state index in [1.807, 2.05) is 31.4 Å². The van der Waals surface area contributed by atoms with Crippen molar-refractivity contribution in [1.82, 2.24) is 20.3 Å². The van der Waals surface area contributed by atoms with Gasteiger partial charge in [0.2, 0.25) is 0 Å². The van der Waals surface area contributed by atoms with Crippen molar-refractivity contribution in [3.63, 3.8) is 0 Å². The molecule has 1 amide bonds. The Morgan fingerprint density at radius 2 is 2.30 bits per heavy atom. The van der Waals surface area contributed by atoms with Crippen LogP contribution in [0.2, 0.25) is 0 Å². The number of amides is 1. The Labute approximate surface area is 120 Å². The summed E-state index contributed by atoms with van der Waals surface area (Å²) in [4.78, 5) is 25.0. The molecule has 0 aromatic carbocycles. The zero-order chi connectivity index (χ0) is 14.1. The Morgan fingerprint density at radius 1 is 1.45 bits per heavy atom. The van der Waals surface area contributed by atoms with E-state index in [4.69, 9.17) is 0 Å². The van der Waals surface area contributed by atoms with Gasteiger partial charge in [0.05, 0.1) is 22.3 Å². The minimum atomic E-state index is -0.135. The van der Waals surface area contributed by atoms with Crippen LogP contribution in [0.4, 0.5) is 0 Å². The van der Waals surface area contributed by atoms with Gasteiger partial charge in [-0.2, -0.15) is 0 Å². The summed E-state index contributed by atoms with van der Waals surface area (Å²) in [6.45, 7) is 3.85. The molecule has 5 nitrogen and oxygen atoms in total. The van der Waals surface area contributed by atoms with E-state index in [2.05, 4.69) is 20.3 Å². The van der Waals surface area contributed by atoms with E-state index in [0.717, 1.165) is 10.6 Å². The molecular formula is C14H14N4OS. The molecule has 2 N–H and O–H groups in total. The first kappa shape index (κ1) is 12.8. The summed E-state index contributed by atoms with van der Waals surface area (Å²) in [6, 6.07) is 4.04. The summed E-state index contributed by atoms with van der Waals surface area (Å²) in [6.07, 6.45) is 3.37. The van der Waals surface area contributed by atoms with E-state index in [9.17, 15) is 4.79 Å². The van der Waals surface area contributed by atoms with Crippen LogP contribution < -0.4 is 5.32 Å². The maximum absolute atomic E-state index is 12.1. The maximum atomic E-state index is 12.1. The first-order chi connectivity index (χ1) is 9.65. The van der Waals surface area contributed by atoms with E-state index < -0.39 is 0 Å².